The van der Waals surface area contributed by atoms with Crippen LogP contribution in [-0.4, -0.2) is 31.3 Å². The van der Waals surface area contributed by atoms with Gasteiger partial charge in [-0.25, -0.2) is 0 Å². The Hall–Kier alpha value is -0.0800. The zero-order chi connectivity index (χ0) is 17.0. The van der Waals surface area contributed by atoms with E-state index in [1.807, 2.05) is 0 Å². The Balaban J connectivity index is 3.02. The summed E-state index contributed by atoms with van der Waals surface area (Å²) in [5.74, 6) is 0. The lowest BCUT2D eigenvalue weighted by atomic mass is 10.0. The Morgan fingerprint density at radius 3 is 1.30 bits per heavy atom. The molecule has 0 fully saturated rings. The van der Waals surface area contributed by atoms with Crippen molar-refractivity contribution >= 4 is 0 Å². The van der Waals surface area contributed by atoms with Crippen LogP contribution in [-0.2, 0) is 4.74 Å². The SMILES string of the molecule is CCCCCCCCCCCCCCCCOCN(CC)CC. The highest BCUT2D eigenvalue weighted by molar-refractivity contribution is 4.49. The highest BCUT2D eigenvalue weighted by Gasteiger charge is 1.98. The number of unbranched alkanes of at least 4 members (excludes halogenated alkanes) is 13. The molecule has 0 aliphatic heterocycles. The average molecular weight is 328 g/mol. The molecular weight excluding hydrogens is 282 g/mol. The summed E-state index contributed by atoms with van der Waals surface area (Å²) in [6.07, 6.45) is 19.9. The van der Waals surface area contributed by atoms with Gasteiger partial charge in [-0.3, -0.25) is 4.90 Å². The Labute approximate surface area is 147 Å². The van der Waals surface area contributed by atoms with Gasteiger partial charge < -0.3 is 4.74 Å². The third kappa shape index (κ3) is 18.1. The monoisotopic (exact) mass is 327 g/mol. The molecule has 0 saturated heterocycles. The first-order valence-corrected chi connectivity index (χ1v) is 10.6. The molecule has 0 aliphatic rings. The van der Waals surface area contributed by atoms with Crippen molar-refractivity contribution in [3.05, 3.63) is 0 Å². The van der Waals surface area contributed by atoms with E-state index in [9.17, 15) is 0 Å². The van der Waals surface area contributed by atoms with Crippen LogP contribution in [0.1, 0.15) is 111 Å². The van der Waals surface area contributed by atoms with E-state index in [-0.39, 0.29) is 0 Å². The molecular formula is C21H45NO. The van der Waals surface area contributed by atoms with Crippen LogP contribution in [0.2, 0.25) is 0 Å². The highest BCUT2D eigenvalue weighted by atomic mass is 16.5. The summed E-state index contributed by atoms with van der Waals surface area (Å²) in [6, 6.07) is 0. The lowest BCUT2D eigenvalue weighted by Crippen LogP contribution is -2.26. The van der Waals surface area contributed by atoms with Gasteiger partial charge in [-0.2, -0.15) is 0 Å². The van der Waals surface area contributed by atoms with E-state index in [1.54, 1.807) is 0 Å². The van der Waals surface area contributed by atoms with Crippen LogP contribution in [0.15, 0.2) is 0 Å². The van der Waals surface area contributed by atoms with E-state index >= 15 is 0 Å². The van der Waals surface area contributed by atoms with E-state index in [1.165, 1.54) is 89.9 Å². The maximum absolute atomic E-state index is 5.71. The molecule has 0 N–H and O–H groups in total. The fourth-order valence-electron chi connectivity index (χ4n) is 3.00. The van der Waals surface area contributed by atoms with E-state index in [2.05, 4.69) is 25.7 Å². The number of nitrogens with zero attached hydrogens (tertiary/aromatic N) is 1. The van der Waals surface area contributed by atoms with Gasteiger partial charge in [-0.1, -0.05) is 104 Å². The topological polar surface area (TPSA) is 12.5 Å². The first-order chi connectivity index (χ1) is 11.3. The average Bonchev–Trinajstić information content (AvgIpc) is 2.58. The first kappa shape index (κ1) is 22.9. The lowest BCUT2D eigenvalue weighted by molar-refractivity contribution is 0.0323. The smallest absolute Gasteiger partial charge is 0.0990 e. The molecule has 0 spiro atoms. The van der Waals surface area contributed by atoms with Crippen LogP contribution in [0.25, 0.3) is 0 Å². The van der Waals surface area contributed by atoms with Gasteiger partial charge in [0.05, 0.1) is 6.73 Å². The van der Waals surface area contributed by atoms with Crippen molar-refractivity contribution in [2.24, 2.45) is 0 Å². The number of hydrogen-bond donors (Lipinski definition) is 0. The van der Waals surface area contributed by atoms with Gasteiger partial charge in [-0.05, 0) is 19.5 Å². The second kappa shape index (κ2) is 20.0. The third-order valence-electron chi connectivity index (χ3n) is 4.81. The summed E-state index contributed by atoms with van der Waals surface area (Å²) < 4.78 is 5.71. The van der Waals surface area contributed by atoms with Crippen molar-refractivity contribution in [3.8, 4) is 0 Å². The molecule has 140 valence electrons. The summed E-state index contributed by atoms with van der Waals surface area (Å²) in [6.45, 7) is 10.6. The van der Waals surface area contributed by atoms with Gasteiger partial charge in [0.1, 0.15) is 0 Å². The van der Waals surface area contributed by atoms with Crippen molar-refractivity contribution in [3.63, 3.8) is 0 Å². The van der Waals surface area contributed by atoms with E-state index in [0.717, 1.165) is 26.4 Å². The predicted octanol–water partition coefficient (Wildman–Crippen LogP) is 6.78. The van der Waals surface area contributed by atoms with E-state index in [0.29, 0.717) is 0 Å². The number of rotatable bonds is 19. The molecule has 0 aromatic rings. The van der Waals surface area contributed by atoms with Gasteiger partial charge in [-0.15, -0.1) is 0 Å². The molecule has 0 aromatic heterocycles. The molecule has 0 radical (unpaired) electrons. The number of ether oxygens (including phenoxy) is 1. The van der Waals surface area contributed by atoms with E-state index in [4.69, 9.17) is 4.74 Å². The zero-order valence-electron chi connectivity index (χ0n) is 16.6. The minimum Gasteiger partial charge on any atom is -0.366 e. The largest absolute Gasteiger partial charge is 0.366 e. The van der Waals surface area contributed by atoms with Crippen LogP contribution < -0.4 is 0 Å². The Kier molecular flexibility index (Phi) is 19.9. The Morgan fingerprint density at radius 2 is 0.913 bits per heavy atom. The van der Waals surface area contributed by atoms with Gasteiger partial charge in [0.25, 0.3) is 0 Å². The fraction of sp³-hybridized carbons (Fsp3) is 1.00. The third-order valence-corrected chi connectivity index (χ3v) is 4.81. The van der Waals surface area contributed by atoms with Gasteiger partial charge in [0.2, 0.25) is 0 Å². The summed E-state index contributed by atoms with van der Waals surface area (Å²) in [5.41, 5.74) is 0. The zero-order valence-corrected chi connectivity index (χ0v) is 16.6. The summed E-state index contributed by atoms with van der Waals surface area (Å²) >= 11 is 0. The van der Waals surface area contributed by atoms with E-state index < -0.39 is 0 Å². The minimum absolute atomic E-state index is 0.811. The van der Waals surface area contributed by atoms with Crippen LogP contribution >= 0.6 is 0 Å². The summed E-state index contributed by atoms with van der Waals surface area (Å²) in [7, 11) is 0. The first-order valence-electron chi connectivity index (χ1n) is 10.6. The van der Waals surface area contributed by atoms with Crippen LogP contribution in [0.4, 0.5) is 0 Å². The minimum atomic E-state index is 0.811. The molecule has 0 aromatic carbocycles. The molecule has 0 saturated carbocycles. The van der Waals surface area contributed by atoms with Crippen molar-refractivity contribution in [2.45, 2.75) is 111 Å². The molecule has 0 amide bonds. The standard InChI is InChI=1S/C21H45NO/c1-4-7-8-9-10-11-12-13-14-15-16-17-18-19-20-23-21-22(5-2)6-3/h4-21H2,1-3H3. The van der Waals surface area contributed by atoms with Crippen molar-refractivity contribution < 1.29 is 4.74 Å². The highest BCUT2D eigenvalue weighted by Crippen LogP contribution is 2.12. The fourth-order valence-corrected chi connectivity index (χ4v) is 3.00. The van der Waals surface area contributed by atoms with Gasteiger partial charge >= 0.3 is 0 Å². The molecule has 0 aliphatic carbocycles. The second-order valence-electron chi connectivity index (χ2n) is 6.94. The van der Waals surface area contributed by atoms with Gasteiger partial charge in [0.15, 0.2) is 0 Å². The molecule has 2 heteroatoms. The molecule has 0 unspecified atom stereocenters. The van der Waals surface area contributed by atoms with Crippen molar-refractivity contribution in [2.75, 3.05) is 26.4 Å². The predicted molar refractivity (Wildman–Crippen MR) is 104 cm³/mol. The Morgan fingerprint density at radius 1 is 0.522 bits per heavy atom. The van der Waals surface area contributed by atoms with Gasteiger partial charge in [0, 0.05) is 6.61 Å². The Bertz CT molecular complexity index is 204. The maximum Gasteiger partial charge on any atom is 0.0990 e. The normalized spacial score (nSPS) is 11.5. The maximum atomic E-state index is 5.71. The van der Waals surface area contributed by atoms with Crippen LogP contribution in [0.3, 0.4) is 0 Å². The molecule has 0 heterocycles. The number of hydrogen-bond acceptors (Lipinski definition) is 2. The second-order valence-corrected chi connectivity index (χ2v) is 6.94. The molecule has 0 rings (SSSR count). The van der Waals surface area contributed by atoms with Crippen LogP contribution in [0, 0.1) is 0 Å². The molecule has 2 nitrogen and oxygen atoms in total. The quantitative estimate of drug-likeness (QED) is 0.191. The molecule has 23 heavy (non-hydrogen) atoms. The molecule has 0 atom stereocenters. The summed E-state index contributed by atoms with van der Waals surface area (Å²) in [5, 5.41) is 0. The molecule has 0 bridgehead atoms. The summed E-state index contributed by atoms with van der Waals surface area (Å²) in [4.78, 5) is 2.32. The van der Waals surface area contributed by atoms with Crippen molar-refractivity contribution in [1.82, 2.24) is 4.90 Å². The lowest BCUT2D eigenvalue weighted by Gasteiger charge is -2.17. The van der Waals surface area contributed by atoms with Crippen LogP contribution in [0.5, 0.6) is 0 Å². The van der Waals surface area contributed by atoms with Crippen molar-refractivity contribution in [1.29, 1.82) is 0 Å².